The first-order chi connectivity index (χ1) is 12.6. The maximum absolute atomic E-state index is 12.1. The summed E-state index contributed by atoms with van der Waals surface area (Å²) in [5, 5.41) is 2.72. The van der Waals surface area contributed by atoms with Crippen molar-refractivity contribution in [1.29, 1.82) is 0 Å². The van der Waals surface area contributed by atoms with Crippen LogP contribution in [0.15, 0.2) is 24.3 Å². The number of carbonyl (C=O) groups is 4. The van der Waals surface area contributed by atoms with Crippen LogP contribution in [0.3, 0.4) is 0 Å². The number of hydrogen-bond donors (Lipinski definition) is 1. The smallest absolute Gasteiger partial charge is 0.333 e. The van der Waals surface area contributed by atoms with Crippen LogP contribution < -0.4 is 5.32 Å². The minimum absolute atomic E-state index is 0.141. The van der Waals surface area contributed by atoms with Gasteiger partial charge in [0.25, 0.3) is 0 Å². The highest BCUT2D eigenvalue weighted by Gasteiger charge is 2.32. The second-order valence-corrected chi connectivity index (χ2v) is 7.55. The van der Waals surface area contributed by atoms with Crippen LogP contribution in [0.25, 0.3) is 0 Å². The third-order valence-corrected chi connectivity index (χ3v) is 4.89. The Kier molecular flexibility index (Phi) is 9.07. The Morgan fingerprint density at radius 1 is 1.19 bits per heavy atom. The van der Waals surface area contributed by atoms with Gasteiger partial charge in [-0.25, -0.2) is 4.79 Å². The number of likely N-dealkylation sites (N-methyl/N-ethyl adjacent to an activating group) is 1. The SMILES string of the molecule is C=C(C)C(=O)NCCSCC(CN1CCN(C)C(=O)C1=O)OC(=O)C(=C)C. The third kappa shape index (κ3) is 7.46. The lowest BCUT2D eigenvalue weighted by Gasteiger charge is -2.33. The number of ether oxygens (including phenoxy) is 1. The summed E-state index contributed by atoms with van der Waals surface area (Å²) < 4.78 is 5.41. The minimum atomic E-state index is -0.598. The first-order valence-electron chi connectivity index (χ1n) is 8.55. The molecule has 3 amide bonds. The van der Waals surface area contributed by atoms with Crippen molar-refractivity contribution < 1.29 is 23.9 Å². The molecule has 0 bridgehead atoms. The average molecular weight is 397 g/mol. The van der Waals surface area contributed by atoms with Crippen LogP contribution in [0.2, 0.25) is 0 Å². The van der Waals surface area contributed by atoms with Gasteiger partial charge in [-0.05, 0) is 13.8 Å². The number of nitrogens with one attached hydrogen (secondary N) is 1. The van der Waals surface area contributed by atoms with Gasteiger partial charge < -0.3 is 19.9 Å². The molecule has 0 spiro atoms. The molecule has 8 nitrogen and oxygen atoms in total. The van der Waals surface area contributed by atoms with E-state index in [1.807, 2.05) is 0 Å². The van der Waals surface area contributed by atoms with Crippen molar-refractivity contribution in [2.24, 2.45) is 0 Å². The van der Waals surface area contributed by atoms with E-state index >= 15 is 0 Å². The fraction of sp³-hybridized carbons (Fsp3) is 0.556. The van der Waals surface area contributed by atoms with E-state index < -0.39 is 23.9 Å². The van der Waals surface area contributed by atoms with Gasteiger partial charge in [-0.2, -0.15) is 11.8 Å². The molecule has 0 aromatic carbocycles. The van der Waals surface area contributed by atoms with Gasteiger partial charge in [0.2, 0.25) is 5.91 Å². The summed E-state index contributed by atoms with van der Waals surface area (Å²) >= 11 is 1.48. The van der Waals surface area contributed by atoms with E-state index in [2.05, 4.69) is 18.5 Å². The average Bonchev–Trinajstić information content (AvgIpc) is 2.61. The van der Waals surface area contributed by atoms with Crippen LogP contribution in [0, 0.1) is 0 Å². The number of thioether (sulfide) groups is 1. The number of piperazine rings is 1. The number of hydrogen-bond acceptors (Lipinski definition) is 6. The quantitative estimate of drug-likeness (QED) is 0.245. The Balaban J connectivity index is 2.57. The molecule has 1 aliphatic heterocycles. The van der Waals surface area contributed by atoms with E-state index in [1.54, 1.807) is 20.9 Å². The summed E-state index contributed by atoms with van der Waals surface area (Å²) in [6.07, 6.45) is -0.573. The molecule has 9 heteroatoms. The number of carbonyl (C=O) groups excluding carboxylic acids is 4. The van der Waals surface area contributed by atoms with Gasteiger partial charge in [-0.1, -0.05) is 13.2 Å². The second kappa shape index (κ2) is 10.8. The topological polar surface area (TPSA) is 96.0 Å². The highest BCUT2D eigenvalue weighted by Crippen LogP contribution is 2.12. The molecule has 0 aromatic heterocycles. The highest BCUT2D eigenvalue weighted by atomic mass is 32.2. The molecule has 1 N–H and O–H groups in total. The van der Waals surface area contributed by atoms with E-state index in [0.29, 0.717) is 36.7 Å². The monoisotopic (exact) mass is 397 g/mol. The van der Waals surface area contributed by atoms with E-state index in [-0.39, 0.29) is 18.0 Å². The van der Waals surface area contributed by atoms with Crippen molar-refractivity contribution in [2.45, 2.75) is 20.0 Å². The van der Waals surface area contributed by atoms with Gasteiger partial charge >= 0.3 is 17.8 Å². The zero-order chi connectivity index (χ0) is 20.6. The van der Waals surface area contributed by atoms with Gasteiger partial charge in [-0.15, -0.1) is 0 Å². The molecule has 0 saturated carbocycles. The Labute approximate surface area is 164 Å². The molecule has 1 fully saturated rings. The first kappa shape index (κ1) is 22.8. The summed E-state index contributed by atoms with van der Waals surface area (Å²) in [5.41, 5.74) is 0.700. The summed E-state index contributed by atoms with van der Waals surface area (Å²) in [7, 11) is 1.57. The summed E-state index contributed by atoms with van der Waals surface area (Å²) in [4.78, 5) is 50.0. The molecule has 1 rings (SSSR count). The molecule has 0 aliphatic carbocycles. The molecular formula is C18H27N3O5S. The van der Waals surface area contributed by atoms with Crippen molar-refractivity contribution >= 4 is 35.5 Å². The Hall–Kier alpha value is -2.29. The molecule has 1 unspecified atom stereocenters. The van der Waals surface area contributed by atoms with E-state index in [4.69, 9.17) is 4.74 Å². The van der Waals surface area contributed by atoms with Crippen molar-refractivity contribution in [3.63, 3.8) is 0 Å². The van der Waals surface area contributed by atoms with Crippen LogP contribution >= 0.6 is 11.8 Å². The van der Waals surface area contributed by atoms with Crippen LogP contribution in [0.4, 0.5) is 0 Å². The van der Waals surface area contributed by atoms with Crippen LogP contribution in [0.1, 0.15) is 13.8 Å². The molecule has 0 aromatic rings. The number of nitrogens with zero attached hydrogens (tertiary/aromatic N) is 2. The van der Waals surface area contributed by atoms with Crippen molar-refractivity contribution in [3.05, 3.63) is 24.3 Å². The lowest BCUT2D eigenvalue weighted by Crippen LogP contribution is -2.55. The summed E-state index contributed by atoms with van der Waals surface area (Å²) in [6, 6.07) is 0. The van der Waals surface area contributed by atoms with Crippen LogP contribution in [-0.4, -0.2) is 84.3 Å². The fourth-order valence-electron chi connectivity index (χ4n) is 2.17. The van der Waals surface area contributed by atoms with Gasteiger partial charge in [0, 0.05) is 49.3 Å². The molecular weight excluding hydrogens is 370 g/mol. The van der Waals surface area contributed by atoms with Crippen molar-refractivity contribution in [2.75, 3.05) is 44.7 Å². The zero-order valence-electron chi connectivity index (χ0n) is 16.1. The number of esters is 1. The normalized spacial score (nSPS) is 15.4. The predicted octanol–water partition coefficient (Wildman–Crippen LogP) is 0.200. The van der Waals surface area contributed by atoms with E-state index in [9.17, 15) is 19.2 Å². The molecule has 0 radical (unpaired) electrons. The Morgan fingerprint density at radius 3 is 2.44 bits per heavy atom. The van der Waals surface area contributed by atoms with Crippen LogP contribution in [0.5, 0.6) is 0 Å². The Bertz CT molecular complexity index is 634. The largest absolute Gasteiger partial charge is 0.456 e. The first-order valence-corrected chi connectivity index (χ1v) is 9.71. The maximum Gasteiger partial charge on any atom is 0.333 e. The zero-order valence-corrected chi connectivity index (χ0v) is 16.9. The van der Waals surface area contributed by atoms with Gasteiger partial charge in [0.15, 0.2) is 0 Å². The maximum atomic E-state index is 12.1. The molecule has 1 saturated heterocycles. The van der Waals surface area contributed by atoms with Crippen LogP contribution in [-0.2, 0) is 23.9 Å². The van der Waals surface area contributed by atoms with Crippen molar-refractivity contribution in [3.8, 4) is 0 Å². The molecule has 1 heterocycles. The predicted molar refractivity (Wildman–Crippen MR) is 104 cm³/mol. The fourth-order valence-corrected chi connectivity index (χ4v) is 3.02. The van der Waals surface area contributed by atoms with Gasteiger partial charge in [0.05, 0.1) is 6.54 Å². The van der Waals surface area contributed by atoms with Gasteiger partial charge in [0.1, 0.15) is 6.10 Å². The third-order valence-electron chi connectivity index (χ3n) is 3.79. The van der Waals surface area contributed by atoms with E-state index in [1.165, 1.54) is 21.6 Å². The van der Waals surface area contributed by atoms with Crippen molar-refractivity contribution in [1.82, 2.24) is 15.1 Å². The number of rotatable bonds is 10. The molecule has 1 aliphatic rings. The second-order valence-electron chi connectivity index (χ2n) is 6.40. The standard InChI is InChI=1S/C18H27N3O5S/c1-12(2)15(22)19-6-9-27-11-14(26-18(25)13(3)4)10-21-8-7-20(5)16(23)17(21)24/h14H,1,3,6-11H2,2,4-5H3,(H,19,22). The minimum Gasteiger partial charge on any atom is -0.456 e. The summed E-state index contributed by atoms with van der Waals surface area (Å²) in [6.45, 7) is 11.7. The molecule has 150 valence electrons. The van der Waals surface area contributed by atoms with E-state index in [0.717, 1.165) is 0 Å². The summed E-state index contributed by atoms with van der Waals surface area (Å²) in [5.74, 6) is -0.877. The number of amides is 3. The lowest BCUT2D eigenvalue weighted by atomic mass is 10.2. The lowest BCUT2D eigenvalue weighted by molar-refractivity contribution is -0.157. The van der Waals surface area contributed by atoms with Gasteiger partial charge in [-0.3, -0.25) is 14.4 Å². The molecule has 27 heavy (non-hydrogen) atoms. The highest BCUT2D eigenvalue weighted by molar-refractivity contribution is 7.99. The molecule has 1 atom stereocenters. The Morgan fingerprint density at radius 2 is 1.85 bits per heavy atom.